The first-order valence-corrected chi connectivity index (χ1v) is 9.81. The second-order valence-corrected chi connectivity index (χ2v) is 7.92. The summed E-state index contributed by atoms with van der Waals surface area (Å²) in [6.07, 6.45) is 0. The fraction of sp³-hybridized carbons (Fsp3) is 0.316. The number of benzene rings is 2. The minimum absolute atomic E-state index is 0.0699. The molecule has 0 radical (unpaired) electrons. The van der Waals surface area contributed by atoms with E-state index in [9.17, 15) is 4.79 Å². The second-order valence-electron chi connectivity index (χ2n) is 5.40. The van der Waals surface area contributed by atoms with Crippen LogP contribution in [-0.4, -0.2) is 23.5 Å². The van der Waals surface area contributed by atoms with Crippen molar-refractivity contribution in [1.82, 2.24) is 5.32 Å². The maximum absolute atomic E-state index is 12.1. The lowest BCUT2D eigenvalue weighted by atomic mass is 10.2. The molecule has 0 spiro atoms. The number of hydrogen-bond donors (Lipinski definition) is 1. The second kappa shape index (κ2) is 9.68. The zero-order valence-corrected chi connectivity index (χ0v) is 15.3. The molecule has 0 aromatic heterocycles. The van der Waals surface area contributed by atoms with E-state index in [0.29, 0.717) is 0 Å². The molecule has 0 saturated heterocycles. The molecular formula is C19H23NOS2. The van der Waals surface area contributed by atoms with Gasteiger partial charge in [0.1, 0.15) is 0 Å². The molecule has 2 rings (SSSR count). The predicted octanol–water partition coefficient (Wildman–Crippen LogP) is 4.53. The molecule has 0 bridgehead atoms. The molecule has 0 unspecified atom stereocenters. The van der Waals surface area contributed by atoms with Crippen LogP contribution in [0.15, 0.2) is 59.5 Å². The van der Waals surface area contributed by atoms with E-state index in [1.807, 2.05) is 49.0 Å². The van der Waals surface area contributed by atoms with Crippen molar-refractivity contribution in [2.24, 2.45) is 0 Å². The smallest absolute Gasteiger partial charge is 0.233 e. The molecule has 2 nitrogen and oxygen atoms in total. The summed E-state index contributed by atoms with van der Waals surface area (Å²) in [6, 6.07) is 18.7. The predicted molar refractivity (Wildman–Crippen MR) is 102 cm³/mol. The molecule has 1 atom stereocenters. The van der Waals surface area contributed by atoms with E-state index in [1.54, 1.807) is 11.8 Å². The van der Waals surface area contributed by atoms with Crippen molar-refractivity contribution in [2.75, 3.05) is 12.3 Å². The van der Waals surface area contributed by atoms with Gasteiger partial charge in [0.05, 0.1) is 5.25 Å². The highest BCUT2D eigenvalue weighted by atomic mass is 32.2. The van der Waals surface area contributed by atoms with E-state index in [0.717, 1.165) is 22.9 Å². The van der Waals surface area contributed by atoms with Gasteiger partial charge in [0.25, 0.3) is 0 Å². The van der Waals surface area contributed by atoms with Crippen LogP contribution in [0.3, 0.4) is 0 Å². The zero-order chi connectivity index (χ0) is 16.5. The first-order chi connectivity index (χ1) is 11.1. The molecule has 0 heterocycles. The van der Waals surface area contributed by atoms with Crippen LogP contribution in [0.5, 0.6) is 0 Å². The number of aryl methyl sites for hydroxylation is 1. The van der Waals surface area contributed by atoms with E-state index in [-0.39, 0.29) is 11.2 Å². The molecule has 0 saturated carbocycles. The Hall–Kier alpha value is -1.39. The molecular weight excluding hydrogens is 322 g/mol. The normalized spacial score (nSPS) is 11.9. The van der Waals surface area contributed by atoms with Crippen LogP contribution in [0, 0.1) is 6.92 Å². The Morgan fingerprint density at radius 3 is 2.48 bits per heavy atom. The molecule has 0 aliphatic rings. The Morgan fingerprint density at radius 1 is 1.09 bits per heavy atom. The van der Waals surface area contributed by atoms with Gasteiger partial charge in [0.15, 0.2) is 0 Å². The Kier molecular flexibility index (Phi) is 7.56. The number of carbonyl (C=O) groups is 1. The molecule has 4 heteroatoms. The fourth-order valence-corrected chi connectivity index (χ4v) is 3.75. The summed E-state index contributed by atoms with van der Waals surface area (Å²) in [7, 11) is 0. The molecule has 23 heavy (non-hydrogen) atoms. The van der Waals surface area contributed by atoms with E-state index < -0.39 is 0 Å². The highest BCUT2D eigenvalue weighted by Crippen LogP contribution is 2.22. The number of carbonyl (C=O) groups excluding carboxylic acids is 1. The minimum Gasteiger partial charge on any atom is -0.354 e. The van der Waals surface area contributed by atoms with Crippen LogP contribution in [0.25, 0.3) is 0 Å². The van der Waals surface area contributed by atoms with Crippen LogP contribution in [0.1, 0.15) is 18.1 Å². The van der Waals surface area contributed by atoms with Gasteiger partial charge in [0, 0.05) is 22.9 Å². The van der Waals surface area contributed by atoms with Crippen LogP contribution >= 0.6 is 23.5 Å². The highest BCUT2D eigenvalue weighted by Gasteiger charge is 2.13. The average Bonchev–Trinajstić information content (AvgIpc) is 2.57. The third-order valence-corrected chi connectivity index (χ3v) is 5.50. The topological polar surface area (TPSA) is 29.1 Å². The van der Waals surface area contributed by atoms with E-state index in [2.05, 4.69) is 36.5 Å². The first-order valence-electron chi connectivity index (χ1n) is 7.78. The summed E-state index contributed by atoms with van der Waals surface area (Å²) in [5, 5.41) is 2.95. The van der Waals surface area contributed by atoms with E-state index in [1.165, 1.54) is 11.1 Å². The van der Waals surface area contributed by atoms with Crippen molar-refractivity contribution in [2.45, 2.75) is 29.7 Å². The van der Waals surface area contributed by atoms with Gasteiger partial charge in [-0.15, -0.1) is 11.8 Å². The van der Waals surface area contributed by atoms with E-state index >= 15 is 0 Å². The minimum atomic E-state index is -0.0699. The maximum atomic E-state index is 12.1. The number of amides is 1. The monoisotopic (exact) mass is 345 g/mol. The third kappa shape index (κ3) is 6.71. The Bertz CT molecular complexity index is 599. The summed E-state index contributed by atoms with van der Waals surface area (Å²) in [6.45, 7) is 4.77. The Morgan fingerprint density at radius 2 is 1.78 bits per heavy atom. The highest BCUT2D eigenvalue weighted by molar-refractivity contribution is 8.00. The summed E-state index contributed by atoms with van der Waals surface area (Å²) < 4.78 is 0. The summed E-state index contributed by atoms with van der Waals surface area (Å²) in [4.78, 5) is 13.2. The summed E-state index contributed by atoms with van der Waals surface area (Å²) >= 11 is 3.44. The Balaban J connectivity index is 1.61. The van der Waals surface area contributed by atoms with Gasteiger partial charge < -0.3 is 5.32 Å². The van der Waals surface area contributed by atoms with Gasteiger partial charge in [0.2, 0.25) is 5.91 Å². The molecule has 0 fully saturated rings. The van der Waals surface area contributed by atoms with Crippen molar-refractivity contribution in [1.29, 1.82) is 0 Å². The van der Waals surface area contributed by atoms with Crippen LogP contribution in [0.4, 0.5) is 0 Å². The van der Waals surface area contributed by atoms with Crippen LogP contribution in [-0.2, 0) is 10.5 Å². The van der Waals surface area contributed by atoms with Gasteiger partial charge in [-0.1, -0.05) is 48.0 Å². The van der Waals surface area contributed by atoms with Gasteiger partial charge in [-0.05, 0) is 31.5 Å². The van der Waals surface area contributed by atoms with Crippen molar-refractivity contribution >= 4 is 29.4 Å². The molecule has 0 aliphatic heterocycles. The van der Waals surface area contributed by atoms with Gasteiger partial charge in [-0.25, -0.2) is 0 Å². The fourth-order valence-electron chi connectivity index (χ4n) is 2.02. The van der Waals surface area contributed by atoms with Gasteiger partial charge >= 0.3 is 0 Å². The molecule has 2 aromatic rings. The van der Waals surface area contributed by atoms with Gasteiger partial charge in [-0.2, -0.15) is 11.8 Å². The molecule has 0 aliphatic carbocycles. The lowest BCUT2D eigenvalue weighted by molar-refractivity contribution is -0.120. The van der Waals surface area contributed by atoms with E-state index in [4.69, 9.17) is 0 Å². The van der Waals surface area contributed by atoms with Crippen LogP contribution < -0.4 is 5.32 Å². The lowest BCUT2D eigenvalue weighted by Crippen LogP contribution is -2.32. The quantitative estimate of drug-likeness (QED) is 0.563. The number of rotatable bonds is 8. The van der Waals surface area contributed by atoms with Crippen LogP contribution in [0.2, 0.25) is 0 Å². The van der Waals surface area contributed by atoms with Crippen molar-refractivity contribution in [3.63, 3.8) is 0 Å². The van der Waals surface area contributed by atoms with Crippen molar-refractivity contribution in [3.8, 4) is 0 Å². The zero-order valence-electron chi connectivity index (χ0n) is 13.6. The van der Waals surface area contributed by atoms with Gasteiger partial charge in [-0.3, -0.25) is 4.79 Å². The summed E-state index contributed by atoms with van der Waals surface area (Å²) in [5.41, 5.74) is 2.62. The molecule has 1 amide bonds. The number of nitrogens with one attached hydrogen (secondary N) is 1. The Labute approximate surface area is 147 Å². The number of hydrogen-bond acceptors (Lipinski definition) is 3. The molecule has 122 valence electrons. The van der Waals surface area contributed by atoms with Crippen molar-refractivity contribution < 1.29 is 4.79 Å². The molecule has 1 N–H and O–H groups in total. The number of thioether (sulfide) groups is 2. The summed E-state index contributed by atoms with van der Waals surface area (Å²) in [5.74, 6) is 2.03. The third-order valence-electron chi connectivity index (χ3n) is 3.36. The standard InChI is InChI=1S/C19H23NOS2/c1-15-8-10-17(11-9-15)14-22-13-12-20-19(21)16(2)23-18-6-4-3-5-7-18/h3-11,16H,12-14H2,1-2H3,(H,20,21)/t16-/m1/s1. The molecule has 2 aromatic carbocycles. The largest absolute Gasteiger partial charge is 0.354 e. The maximum Gasteiger partial charge on any atom is 0.233 e. The average molecular weight is 346 g/mol. The SMILES string of the molecule is Cc1ccc(CSCCNC(=O)[C@@H](C)Sc2ccccc2)cc1. The van der Waals surface area contributed by atoms with Crippen molar-refractivity contribution in [3.05, 3.63) is 65.7 Å². The first kappa shape index (κ1) is 18.0. The lowest BCUT2D eigenvalue weighted by Gasteiger charge is -2.12.